The van der Waals surface area contributed by atoms with Crippen molar-refractivity contribution in [1.82, 2.24) is 0 Å². The molecular weight excluding hydrogens is 621 g/mol. The van der Waals surface area contributed by atoms with E-state index < -0.39 is 0 Å². The number of fused-ring (bicyclic) bond motifs is 9. The van der Waals surface area contributed by atoms with E-state index in [4.69, 9.17) is 4.42 Å². The number of rotatable bonds is 6. The van der Waals surface area contributed by atoms with Gasteiger partial charge in [0.25, 0.3) is 0 Å². The van der Waals surface area contributed by atoms with Gasteiger partial charge in [-0.2, -0.15) is 0 Å². The molecule has 51 heavy (non-hydrogen) atoms. The van der Waals surface area contributed by atoms with E-state index in [1.54, 1.807) is 0 Å². The van der Waals surface area contributed by atoms with Crippen molar-refractivity contribution in [3.63, 3.8) is 0 Å². The fraction of sp³-hybridized carbons (Fsp3) is 0. The highest BCUT2D eigenvalue weighted by molar-refractivity contribution is 6.25. The molecule has 3 nitrogen and oxygen atoms in total. The molecule has 1 heterocycles. The molecule has 0 N–H and O–H groups in total. The third kappa shape index (κ3) is 4.90. The zero-order valence-electron chi connectivity index (χ0n) is 27.8. The number of furan rings is 1. The third-order valence-electron chi connectivity index (χ3n) is 9.98. The average Bonchev–Trinajstić information content (AvgIpc) is 3.57. The molecule has 240 valence electrons. The molecule has 1 aromatic heterocycles. The van der Waals surface area contributed by atoms with Gasteiger partial charge in [-0.1, -0.05) is 109 Å². The first kappa shape index (κ1) is 29.1. The Balaban J connectivity index is 1.13. The molecule has 0 spiro atoms. The summed E-state index contributed by atoms with van der Waals surface area (Å²) >= 11 is 0. The highest BCUT2D eigenvalue weighted by atomic mass is 16.3. The molecule has 9 aromatic carbocycles. The van der Waals surface area contributed by atoms with Crippen LogP contribution < -0.4 is 9.80 Å². The molecule has 0 aliphatic carbocycles. The Morgan fingerprint density at radius 3 is 1.14 bits per heavy atom. The Hall–Kier alpha value is -6.84. The summed E-state index contributed by atoms with van der Waals surface area (Å²) in [5.41, 5.74) is 8.21. The molecule has 0 saturated carbocycles. The monoisotopic (exact) mass is 652 g/mol. The van der Waals surface area contributed by atoms with E-state index in [0.29, 0.717) is 0 Å². The number of benzene rings is 9. The first-order chi connectivity index (χ1) is 25.3. The third-order valence-corrected chi connectivity index (χ3v) is 9.98. The predicted molar refractivity (Wildman–Crippen MR) is 216 cm³/mol. The summed E-state index contributed by atoms with van der Waals surface area (Å²) in [6.45, 7) is 0. The van der Waals surface area contributed by atoms with E-state index >= 15 is 0 Å². The highest BCUT2D eigenvalue weighted by Gasteiger charge is 2.19. The minimum absolute atomic E-state index is 0.851. The van der Waals surface area contributed by atoms with E-state index in [1.165, 1.54) is 32.3 Å². The molecule has 0 amide bonds. The second-order valence-electron chi connectivity index (χ2n) is 13.0. The maximum atomic E-state index is 6.59. The maximum Gasteiger partial charge on any atom is 0.137 e. The van der Waals surface area contributed by atoms with E-state index in [-0.39, 0.29) is 0 Å². The zero-order chi connectivity index (χ0) is 33.7. The van der Waals surface area contributed by atoms with Crippen molar-refractivity contribution in [2.24, 2.45) is 0 Å². The maximum absolute atomic E-state index is 6.59. The Bertz CT molecular complexity index is 2790. The van der Waals surface area contributed by atoms with Crippen molar-refractivity contribution in [2.75, 3.05) is 9.80 Å². The Morgan fingerprint density at radius 2 is 0.608 bits per heavy atom. The first-order valence-corrected chi connectivity index (χ1v) is 17.4. The van der Waals surface area contributed by atoms with Crippen LogP contribution in [0.25, 0.3) is 54.3 Å². The van der Waals surface area contributed by atoms with Crippen LogP contribution in [0.5, 0.6) is 0 Å². The Labute approximate surface area is 295 Å². The summed E-state index contributed by atoms with van der Waals surface area (Å²) in [4.78, 5) is 4.62. The van der Waals surface area contributed by atoms with Crippen LogP contribution in [-0.4, -0.2) is 0 Å². The molecule has 0 unspecified atom stereocenters. The summed E-state index contributed by atoms with van der Waals surface area (Å²) in [5.74, 6) is 0. The second-order valence-corrected chi connectivity index (χ2v) is 13.0. The number of nitrogens with zero attached hydrogens (tertiary/aromatic N) is 2. The lowest BCUT2D eigenvalue weighted by Crippen LogP contribution is -2.09. The molecule has 0 atom stereocenters. The van der Waals surface area contributed by atoms with Crippen LogP contribution >= 0.6 is 0 Å². The van der Waals surface area contributed by atoms with Gasteiger partial charge in [0.05, 0.1) is 0 Å². The van der Waals surface area contributed by atoms with Crippen LogP contribution in [0.2, 0.25) is 0 Å². The SMILES string of the molecule is c1ccc(N(c2ccccc2)c2ccc3oc4cc(N(c5ccccc5)c5ccc6c7ccccc7c7ccccc7c6c5)ccc4c3c2)cc1. The molecule has 0 bridgehead atoms. The van der Waals surface area contributed by atoms with E-state index in [2.05, 4.69) is 204 Å². The lowest BCUT2D eigenvalue weighted by molar-refractivity contribution is 0.669. The van der Waals surface area contributed by atoms with Crippen LogP contribution in [0.3, 0.4) is 0 Å². The van der Waals surface area contributed by atoms with Crippen molar-refractivity contribution < 1.29 is 4.42 Å². The van der Waals surface area contributed by atoms with E-state index in [0.717, 1.165) is 56.1 Å². The van der Waals surface area contributed by atoms with Gasteiger partial charge in [0, 0.05) is 51.0 Å². The van der Waals surface area contributed by atoms with Crippen LogP contribution in [0.1, 0.15) is 0 Å². The highest BCUT2D eigenvalue weighted by Crippen LogP contribution is 2.43. The average molecular weight is 653 g/mol. The first-order valence-electron chi connectivity index (χ1n) is 17.4. The normalized spacial score (nSPS) is 11.5. The Morgan fingerprint density at radius 1 is 0.235 bits per heavy atom. The van der Waals surface area contributed by atoms with Gasteiger partial charge >= 0.3 is 0 Å². The zero-order valence-corrected chi connectivity index (χ0v) is 27.8. The van der Waals surface area contributed by atoms with Gasteiger partial charge in [-0.3, -0.25) is 0 Å². The standard InChI is InChI=1S/C48H32N2O/c1-4-14-33(15-5-1)49(34-16-6-2-7-17-34)37-26-29-47-46(31-37)44-28-25-38(32-48(44)51-47)50(35-18-8-3-9-19-35)36-24-27-43-41-22-11-10-20-39(41)40-21-12-13-23-42(40)45(43)30-36/h1-32H. The topological polar surface area (TPSA) is 19.6 Å². The van der Waals surface area contributed by atoms with Gasteiger partial charge in [0.1, 0.15) is 11.2 Å². The molecule has 0 aliphatic rings. The summed E-state index contributed by atoms with van der Waals surface area (Å²) in [6.07, 6.45) is 0. The number of hydrogen-bond acceptors (Lipinski definition) is 3. The van der Waals surface area contributed by atoms with Gasteiger partial charge in [0.15, 0.2) is 0 Å². The molecule has 3 heteroatoms. The fourth-order valence-electron chi connectivity index (χ4n) is 7.69. The van der Waals surface area contributed by atoms with Crippen LogP contribution in [-0.2, 0) is 0 Å². The minimum atomic E-state index is 0.851. The molecule has 0 aliphatic heterocycles. The molecule has 0 radical (unpaired) electrons. The Kier molecular flexibility index (Phi) is 6.81. The summed E-state index contributed by atoms with van der Waals surface area (Å²) < 4.78 is 6.59. The van der Waals surface area contributed by atoms with Crippen molar-refractivity contribution in [3.05, 3.63) is 194 Å². The molecule has 10 rings (SSSR count). The molecular formula is C48H32N2O. The van der Waals surface area contributed by atoms with Crippen molar-refractivity contribution >= 4 is 88.4 Å². The van der Waals surface area contributed by atoms with Crippen molar-refractivity contribution in [2.45, 2.75) is 0 Å². The van der Waals surface area contributed by atoms with Crippen LogP contribution in [0.15, 0.2) is 199 Å². The van der Waals surface area contributed by atoms with E-state index in [1.807, 2.05) is 0 Å². The van der Waals surface area contributed by atoms with Crippen molar-refractivity contribution in [3.8, 4) is 0 Å². The summed E-state index contributed by atoms with van der Waals surface area (Å²) in [6, 6.07) is 69.0. The number of para-hydroxylation sites is 3. The van der Waals surface area contributed by atoms with Gasteiger partial charge in [-0.05, 0) is 111 Å². The smallest absolute Gasteiger partial charge is 0.137 e. The number of hydrogen-bond donors (Lipinski definition) is 0. The predicted octanol–water partition coefficient (Wildman–Crippen LogP) is 14.0. The summed E-state index contributed by atoms with van der Waals surface area (Å²) in [5, 5.41) is 9.73. The molecule has 10 aromatic rings. The van der Waals surface area contributed by atoms with Gasteiger partial charge in [-0.25, -0.2) is 0 Å². The van der Waals surface area contributed by atoms with Crippen LogP contribution in [0, 0.1) is 0 Å². The van der Waals surface area contributed by atoms with Gasteiger partial charge < -0.3 is 14.2 Å². The van der Waals surface area contributed by atoms with Gasteiger partial charge in [-0.15, -0.1) is 0 Å². The van der Waals surface area contributed by atoms with Crippen LogP contribution in [0.4, 0.5) is 34.1 Å². The van der Waals surface area contributed by atoms with Gasteiger partial charge in [0.2, 0.25) is 0 Å². The number of anilines is 6. The fourth-order valence-corrected chi connectivity index (χ4v) is 7.69. The lowest BCUT2D eigenvalue weighted by atomic mass is 9.94. The van der Waals surface area contributed by atoms with Crippen molar-refractivity contribution in [1.29, 1.82) is 0 Å². The largest absolute Gasteiger partial charge is 0.456 e. The molecule has 0 fully saturated rings. The second kappa shape index (κ2) is 11.9. The molecule has 0 saturated heterocycles. The van der Waals surface area contributed by atoms with E-state index in [9.17, 15) is 0 Å². The minimum Gasteiger partial charge on any atom is -0.456 e. The lowest BCUT2D eigenvalue weighted by Gasteiger charge is -2.26. The summed E-state index contributed by atoms with van der Waals surface area (Å²) in [7, 11) is 0. The quantitative estimate of drug-likeness (QED) is 0.167.